The van der Waals surface area contributed by atoms with Gasteiger partial charge in [-0.05, 0) is 143 Å². The maximum Gasteiger partial charge on any atom is 0.252 e. The normalized spacial score (nSPS) is 13.7. The van der Waals surface area contributed by atoms with Crippen LogP contribution in [0.2, 0.25) is 0 Å². The Morgan fingerprint density at radius 3 is 1.24 bits per heavy atom. The number of anilines is 6. The maximum absolute atomic E-state index is 2.69. The number of nitrogens with zero attached hydrogens (tertiary/aromatic N) is 3. The molecule has 374 valence electrons. The van der Waals surface area contributed by atoms with E-state index >= 15 is 0 Å². The fraction of sp³-hybridized carbons (Fsp3) is 0.222. The highest BCUT2D eigenvalue weighted by molar-refractivity contribution is 7.00. The van der Waals surface area contributed by atoms with Gasteiger partial charge in [0.1, 0.15) is 0 Å². The molecule has 13 rings (SSSR count). The lowest BCUT2D eigenvalue weighted by molar-refractivity contribution is 0.568. The smallest absolute Gasteiger partial charge is 0.252 e. The highest BCUT2D eigenvalue weighted by atomic mass is 15.2. The minimum atomic E-state index is -0.0978. The Morgan fingerprint density at radius 2 is 0.763 bits per heavy atom. The van der Waals surface area contributed by atoms with Crippen molar-refractivity contribution in [3.05, 3.63) is 216 Å². The van der Waals surface area contributed by atoms with E-state index in [0.717, 1.165) is 5.69 Å². The lowest BCUT2D eigenvalue weighted by Gasteiger charge is -2.46. The summed E-state index contributed by atoms with van der Waals surface area (Å²) >= 11 is 0. The Balaban J connectivity index is 1.24. The van der Waals surface area contributed by atoms with Crippen molar-refractivity contribution in [2.45, 2.75) is 105 Å². The largest absolute Gasteiger partial charge is 0.311 e. The molecule has 0 bridgehead atoms. The average molecular weight is 986 g/mol. The lowest BCUT2D eigenvalue weighted by atomic mass is 9.33. The van der Waals surface area contributed by atoms with Crippen LogP contribution in [0.3, 0.4) is 0 Å². The van der Waals surface area contributed by atoms with Gasteiger partial charge in [0, 0.05) is 61.4 Å². The van der Waals surface area contributed by atoms with Crippen LogP contribution in [0.15, 0.2) is 194 Å². The van der Waals surface area contributed by atoms with E-state index < -0.39 is 0 Å². The van der Waals surface area contributed by atoms with Crippen LogP contribution in [0.5, 0.6) is 0 Å². The molecule has 0 spiro atoms. The van der Waals surface area contributed by atoms with E-state index in [2.05, 4.69) is 292 Å². The van der Waals surface area contributed by atoms with Crippen molar-refractivity contribution in [3.8, 4) is 16.8 Å². The molecule has 0 aliphatic carbocycles. The Labute approximate surface area is 450 Å². The molecular weight excluding hydrogens is 918 g/mol. The van der Waals surface area contributed by atoms with Crippen LogP contribution in [0.25, 0.3) is 60.2 Å². The molecule has 0 saturated heterocycles. The predicted octanol–water partition coefficient (Wildman–Crippen LogP) is 18.0. The van der Waals surface area contributed by atoms with Crippen LogP contribution in [0.4, 0.5) is 34.1 Å². The van der Waals surface area contributed by atoms with Gasteiger partial charge in [-0.2, -0.15) is 0 Å². The van der Waals surface area contributed by atoms with E-state index in [1.165, 1.54) is 127 Å². The molecule has 3 nitrogen and oxygen atoms in total. The summed E-state index contributed by atoms with van der Waals surface area (Å²) in [5.74, 6) is 0. The van der Waals surface area contributed by atoms with Gasteiger partial charge >= 0.3 is 0 Å². The van der Waals surface area contributed by atoms with Crippen LogP contribution in [0, 0.1) is 0 Å². The molecule has 2 aliphatic heterocycles. The SMILES string of the molecule is CC(C)(C)c1cc(N2c3cc(-c4cccc5c4c4ccccc4n5-c4ccccc4)cc4c3B(c3ccc5ccccc5c32)c2ccc3ccccc3c2N4c2cc(C(C)(C)C)cc(C(C)(C)C)c2)cc(C(C)(C)C)c1. The summed E-state index contributed by atoms with van der Waals surface area (Å²) in [6.45, 7) is 28.3. The van der Waals surface area contributed by atoms with Crippen molar-refractivity contribution in [1.29, 1.82) is 0 Å². The third-order valence-electron chi connectivity index (χ3n) is 16.7. The average Bonchev–Trinajstić information content (AvgIpc) is 3.57. The molecule has 0 N–H and O–H groups in total. The summed E-state index contributed by atoms with van der Waals surface area (Å²) in [5, 5.41) is 7.46. The second kappa shape index (κ2) is 16.8. The molecule has 0 atom stereocenters. The summed E-state index contributed by atoms with van der Waals surface area (Å²) < 4.78 is 2.45. The fourth-order valence-electron chi connectivity index (χ4n) is 12.5. The van der Waals surface area contributed by atoms with Crippen LogP contribution < -0.4 is 26.2 Å². The number of rotatable bonds is 4. The van der Waals surface area contributed by atoms with Gasteiger partial charge in [-0.15, -0.1) is 0 Å². The quantitative estimate of drug-likeness (QED) is 0.163. The Bertz CT molecular complexity index is 3910. The van der Waals surface area contributed by atoms with Gasteiger partial charge in [0.2, 0.25) is 0 Å². The molecule has 10 aromatic carbocycles. The van der Waals surface area contributed by atoms with Gasteiger partial charge in [-0.25, -0.2) is 0 Å². The highest BCUT2D eigenvalue weighted by Crippen LogP contribution is 2.52. The standard InChI is InChI=1S/C72H68BN3/c1-69(2,3)48-39-49(70(4,5)6)42-53(41-48)75-63-37-47(55-30-22-32-62-65(55)58-29-20-21-31-61(58)74(62)52-25-14-13-15-26-52)38-64-66(63)73(59-35-33-45-23-16-18-27-56(45)67(59)75)60-36-34-46-24-17-19-28-57(46)68(60)76(64)54-43-50(71(7,8)9)40-51(44-54)72(10,11)12/h13-44H,1-12H3. The number of benzene rings is 10. The van der Waals surface area contributed by atoms with E-state index in [0.29, 0.717) is 0 Å². The minimum Gasteiger partial charge on any atom is -0.311 e. The molecule has 1 aromatic heterocycles. The zero-order valence-corrected chi connectivity index (χ0v) is 46.4. The molecular formula is C72H68BN3. The van der Waals surface area contributed by atoms with Gasteiger partial charge in [-0.1, -0.05) is 217 Å². The second-order valence-corrected chi connectivity index (χ2v) is 25.9. The molecule has 0 saturated carbocycles. The molecule has 0 fully saturated rings. The van der Waals surface area contributed by atoms with E-state index in [-0.39, 0.29) is 28.4 Å². The van der Waals surface area contributed by atoms with Crippen molar-refractivity contribution in [2.24, 2.45) is 0 Å². The Kier molecular flexibility index (Phi) is 10.6. The highest BCUT2D eigenvalue weighted by Gasteiger charge is 2.45. The third kappa shape index (κ3) is 7.54. The summed E-state index contributed by atoms with van der Waals surface area (Å²) in [5.41, 5.74) is 22.1. The number of hydrogen-bond donors (Lipinski definition) is 0. The molecule has 11 aromatic rings. The van der Waals surface area contributed by atoms with Crippen LogP contribution in [-0.2, 0) is 21.7 Å². The Hall–Kier alpha value is -7.82. The summed E-state index contributed by atoms with van der Waals surface area (Å²) in [6, 6.07) is 74.7. The van der Waals surface area contributed by atoms with Gasteiger partial charge in [0.25, 0.3) is 6.71 Å². The molecule has 0 radical (unpaired) electrons. The van der Waals surface area contributed by atoms with Gasteiger partial charge in [0.05, 0.1) is 11.0 Å². The van der Waals surface area contributed by atoms with Crippen molar-refractivity contribution >= 4 is 101 Å². The molecule has 3 heterocycles. The first-order valence-corrected chi connectivity index (χ1v) is 27.5. The second-order valence-electron chi connectivity index (χ2n) is 25.9. The van der Waals surface area contributed by atoms with Crippen LogP contribution >= 0.6 is 0 Å². The van der Waals surface area contributed by atoms with Crippen LogP contribution in [-0.4, -0.2) is 11.3 Å². The summed E-state index contributed by atoms with van der Waals surface area (Å²) in [4.78, 5) is 5.37. The topological polar surface area (TPSA) is 11.4 Å². The molecule has 0 amide bonds. The zero-order valence-electron chi connectivity index (χ0n) is 46.4. The molecule has 0 unspecified atom stereocenters. The number of aromatic nitrogens is 1. The predicted molar refractivity (Wildman–Crippen MR) is 330 cm³/mol. The number of para-hydroxylation sites is 2. The van der Waals surface area contributed by atoms with Crippen molar-refractivity contribution < 1.29 is 0 Å². The first-order valence-electron chi connectivity index (χ1n) is 27.5. The first kappa shape index (κ1) is 47.9. The van der Waals surface area contributed by atoms with E-state index in [4.69, 9.17) is 0 Å². The van der Waals surface area contributed by atoms with Crippen LogP contribution in [0.1, 0.15) is 105 Å². The van der Waals surface area contributed by atoms with E-state index in [1.807, 2.05) is 0 Å². The summed E-state index contributed by atoms with van der Waals surface area (Å²) in [6.07, 6.45) is 0. The van der Waals surface area contributed by atoms with Gasteiger partial charge < -0.3 is 14.4 Å². The minimum absolute atomic E-state index is 0.0673. The Morgan fingerprint density at radius 1 is 0.342 bits per heavy atom. The zero-order chi connectivity index (χ0) is 52.8. The summed E-state index contributed by atoms with van der Waals surface area (Å²) in [7, 11) is 0. The van der Waals surface area contributed by atoms with Gasteiger partial charge in [0.15, 0.2) is 0 Å². The van der Waals surface area contributed by atoms with Crippen molar-refractivity contribution in [3.63, 3.8) is 0 Å². The number of fused-ring (bicyclic) bond motifs is 11. The van der Waals surface area contributed by atoms with Crippen molar-refractivity contribution in [2.75, 3.05) is 9.80 Å². The maximum atomic E-state index is 2.69. The molecule has 2 aliphatic rings. The molecule has 76 heavy (non-hydrogen) atoms. The monoisotopic (exact) mass is 986 g/mol. The fourth-order valence-corrected chi connectivity index (χ4v) is 12.5. The van der Waals surface area contributed by atoms with Crippen molar-refractivity contribution in [1.82, 2.24) is 4.57 Å². The van der Waals surface area contributed by atoms with E-state index in [1.54, 1.807) is 0 Å². The third-order valence-corrected chi connectivity index (χ3v) is 16.7. The first-order chi connectivity index (χ1) is 36.2. The van der Waals surface area contributed by atoms with E-state index in [9.17, 15) is 0 Å². The molecule has 4 heteroatoms. The van der Waals surface area contributed by atoms with Gasteiger partial charge in [-0.3, -0.25) is 0 Å². The lowest BCUT2D eigenvalue weighted by Crippen LogP contribution is -2.61. The number of hydrogen-bond acceptors (Lipinski definition) is 2.